The van der Waals surface area contributed by atoms with Crippen molar-refractivity contribution in [3.63, 3.8) is 0 Å². The van der Waals surface area contributed by atoms with Gasteiger partial charge in [0.05, 0.1) is 6.04 Å². The van der Waals surface area contributed by atoms with Gasteiger partial charge in [-0.2, -0.15) is 0 Å². The molecule has 2 heterocycles. The number of halogens is 1. The smallest absolute Gasteiger partial charge is 0.239 e. The predicted molar refractivity (Wildman–Crippen MR) is 132 cm³/mol. The van der Waals surface area contributed by atoms with Crippen LogP contribution < -0.4 is 5.32 Å². The average molecular weight is 523 g/mol. The fourth-order valence-electron chi connectivity index (χ4n) is 4.42. The van der Waals surface area contributed by atoms with E-state index < -0.39 is 0 Å². The highest BCUT2D eigenvalue weighted by Gasteiger charge is 2.30. The maximum absolute atomic E-state index is 12.7. The molecule has 0 aromatic carbocycles. The minimum absolute atomic E-state index is 0. The number of amides is 1. The Morgan fingerprint density at radius 3 is 1.97 bits per heavy atom. The van der Waals surface area contributed by atoms with Crippen molar-refractivity contribution >= 4 is 35.8 Å². The number of aliphatic imine (C=N–C) groups is 1. The highest BCUT2D eigenvalue weighted by molar-refractivity contribution is 14.0. The first-order chi connectivity index (χ1) is 13.3. The number of nitrogens with zero attached hydrogens (tertiary/aromatic N) is 5. The lowest BCUT2D eigenvalue weighted by molar-refractivity contribution is -0.135. The van der Waals surface area contributed by atoms with Gasteiger partial charge in [0.15, 0.2) is 5.96 Å². The quantitative estimate of drug-likeness (QED) is 0.315. The summed E-state index contributed by atoms with van der Waals surface area (Å²) in [6.45, 7) is 18.5. The minimum atomic E-state index is -0.0131. The van der Waals surface area contributed by atoms with E-state index in [-0.39, 0.29) is 30.0 Å². The molecule has 0 spiro atoms. The summed E-state index contributed by atoms with van der Waals surface area (Å²) < 4.78 is 0. The first kappa shape index (κ1) is 26.4. The lowest BCUT2D eigenvalue weighted by atomic mass is 10.2. The fourth-order valence-corrected chi connectivity index (χ4v) is 4.42. The first-order valence-corrected chi connectivity index (χ1v) is 11.1. The molecule has 0 aromatic heterocycles. The zero-order valence-electron chi connectivity index (χ0n) is 19.4. The van der Waals surface area contributed by atoms with Gasteiger partial charge in [0.1, 0.15) is 0 Å². The van der Waals surface area contributed by atoms with Crippen molar-refractivity contribution in [2.24, 2.45) is 4.99 Å². The van der Waals surface area contributed by atoms with Crippen LogP contribution >= 0.6 is 24.0 Å². The third-order valence-electron chi connectivity index (χ3n) is 6.13. The molecule has 2 saturated heterocycles. The number of guanidine groups is 1. The predicted octanol–water partition coefficient (Wildman–Crippen LogP) is 1.93. The van der Waals surface area contributed by atoms with Crippen LogP contribution in [-0.4, -0.2) is 109 Å². The van der Waals surface area contributed by atoms with Crippen LogP contribution in [0.3, 0.4) is 0 Å². The fraction of sp³-hybridized carbons (Fsp3) is 0.905. The molecule has 8 heteroatoms. The summed E-state index contributed by atoms with van der Waals surface area (Å²) in [6.07, 6.45) is 2.30. The second-order valence-electron chi connectivity index (χ2n) is 8.63. The highest BCUT2D eigenvalue weighted by atomic mass is 127. The van der Waals surface area contributed by atoms with Crippen LogP contribution in [0, 0.1) is 0 Å². The van der Waals surface area contributed by atoms with Crippen LogP contribution in [0.1, 0.15) is 47.5 Å². The Balaban J connectivity index is 0.00000420. The van der Waals surface area contributed by atoms with Gasteiger partial charge in [-0.05, 0) is 47.5 Å². The molecule has 2 aliphatic heterocycles. The van der Waals surface area contributed by atoms with Crippen molar-refractivity contribution in [2.45, 2.75) is 65.6 Å². The molecule has 2 rings (SSSR count). The Hall–Kier alpha value is -0.610. The summed E-state index contributed by atoms with van der Waals surface area (Å²) in [4.78, 5) is 26.3. The topological polar surface area (TPSA) is 54.4 Å². The molecule has 7 nitrogen and oxygen atoms in total. The van der Waals surface area contributed by atoms with Gasteiger partial charge in [-0.3, -0.25) is 19.6 Å². The van der Waals surface area contributed by atoms with Crippen molar-refractivity contribution in [3.8, 4) is 0 Å². The summed E-state index contributed by atoms with van der Waals surface area (Å²) in [6, 6.07) is 1.07. The van der Waals surface area contributed by atoms with Gasteiger partial charge in [0.2, 0.25) is 5.91 Å². The lowest BCUT2D eigenvalue weighted by Gasteiger charge is -2.39. The Bertz CT molecular complexity index is 505. The summed E-state index contributed by atoms with van der Waals surface area (Å²) in [7, 11) is 1.86. The Morgan fingerprint density at radius 2 is 1.48 bits per heavy atom. The van der Waals surface area contributed by atoms with E-state index in [0.717, 1.165) is 71.2 Å². The zero-order valence-corrected chi connectivity index (χ0v) is 21.7. The standard InChI is InChI=1S/C21H42N6O.HI/c1-17(2)27(18(3)4)12-9-23-21(22-6)26-15-13-24(14-16-26)19(5)20(28)25-10-7-8-11-25;/h17-19H,7-16H2,1-6H3,(H,22,23);1H. The van der Waals surface area contributed by atoms with E-state index in [4.69, 9.17) is 0 Å². The monoisotopic (exact) mass is 522 g/mol. The lowest BCUT2D eigenvalue weighted by Crippen LogP contribution is -2.57. The van der Waals surface area contributed by atoms with Gasteiger partial charge in [-0.1, -0.05) is 0 Å². The van der Waals surface area contributed by atoms with E-state index in [2.05, 4.69) is 59.6 Å². The minimum Gasteiger partial charge on any atom is -0.355 e. The molecule has 1 N–H and O–H groups in total. The number of hydrogen-bond acceptors (Lipinski definition) is 4. The molecular formula is C21H43IN6O. The van der Waals surface area contributed by atoms with Gasteiger partial charge in [-0.15, -0.1) is 24.0 Å². The molecule has 2 aliphatic rings. The number of rotatable bonds is 7. The molecule has 29 heavy (non-hydrogen) atoms. The number of carbonyl (C=O) groups excluding carboxylic acids is 1. The summed E-state index contributed by atoms with van der Waals surface area (Å²) >= 11 is 0. The third kappa shape index (κ3) is 7.54. The molecule has 2 fully saturated rings. The highest BCUT2D eigenvalue weighted by Crippen LogP contribution is 2.14. The number of hydrogen-bond donors (Lipinski definition) is 1. The maximum atomic E-state index is 12.7. The Morgan fingerprint density at radius 1 is 0.931 bits per heavy atom. The largest absolute Gasteiger partial charge is 0.355 e. The van der Waals surface area contributed by atoms with Crippen molar-refractivity contribution in [1.82, 2.24) is 24.9 Å². The Kier molecular flexibility index (Phi) is 11.8. The molecule has 0 radical (unpaired) electrons. The van der Waals surface area contributed by atoms with Crippen LogP contribution in [0.25, 0.3) is 0 Å². The summed E-state index contributed by atoms with van der Waals surface area (Å²) in [5, 5.41) is 3.53. The van der Waals surface area contributed by atoms with Crippen LogP contribution in [0.15, 0.2) is 4.99 Å². The van der Waals surface area contributed by atoms with E-state index in [9.17, 15) is 4.79 Å². The third-order valence-corrected chi connectivity index (χ3v) is 6.13. The summed E-state index contributed by atoms with van der Waals surface area (Å²) in [5.41, 5.74) is 0. The average Bonchev–Trinajstić information content (AvgIpc) is 3.21. The van der Waals surface area contributed by atoms with E-state index in [1.54, 1.807) is 0 Å². The van der Waals surface area contributed by atoms with Crippen LogP contribution in [0.2, 0.25) is 0 Å². The zero-order chi connectivity index (χ0) is 20.7. The van der Waals surface area contributed by atoms with Gasteiger partial charge in [-0.25, -0.2) is 0 Å². The van der Waals surface area contributed by atoms with Crippen LogP contribution in [-0.2, 0) is 4.79 Å². The van der Waals surface area contributed by atoms with E-state index in [1.165, 1.54) is 0 Å². The molecular weight excluding hydrogens is 479 g/mol. The molecule has 0 bridgehead atoms. The van der Waals surface area contributed by atoms with Gasteiger partial charge in [0.25, 0.3) is 0 Å². The van der Waals surface area contributed by atoms with Crippen molar-refractivity contribution in [3.05, 3.63) is 0 Å². The Labute approximate surface area is 195 Å². The second-order valence-corrected chi connectivity index (χ2v) is 8.63. The van der Waals surface area contributed by atoms with E-state index >= 15 is 0 Å². The molecule has 0 aliphatic carbocycles. The molecule has 1 atom stereocenters. The molecule has 0 aromatic rings. The SMILES string of the molecule is CN=C(NCCN(C(C)C)C(C)C)N1CCN(C(C)C(=O)N2CCCC2)CC1.I. The second kappa shape index (κ2) is 12.9. The van der Waals surface area contributed by atoms with Gasteiger partial charge in [0, 0.05) is 71.5 Å². The number of nitrogens with one attached hydrogen (secondary N) is 1. The summed E-state index contributed by atoms with van der Waals surface area (Å²) in [5.74, 6) is 1.28. The molecule has 1 unspecified atom stereocenters. The van der Waals surface area contributed by atoms with Gasteiger partial charge < -0.3 is 15.1 Å². The molecule has 170 valence electrons. The number of likely N-dealkylation sites (tertiary alicyclic amines) is 1. The normalized spacial score (nSPS) is 19.8. The van der Waals surface area contributed by atoms with Crippen LogP contribution in [0.5, 0.6) is 0 Å². The first-order valence-electron chi connectivity index (χ1n) is 11.1. The maximum Gasteiger partial charge on any atom is 0.239 e. The number of carbonyl (C=O) groups is 1. The van der Waals surface area contributed by atoms with E-state index in [1.807, 2.05) is 11.9 Å². The van der Waals surface area contributed by atoms with Gasteiger partial charge >= 0.3 is 0 Å². The van der Waals surface area contributed by atoms with Crippen molar-refractivity contribution in [1.29, 1.82) is 0 Å². The molecule has 0 saturated carbocycles. The van der Waals surface area contributed by atoms with Crippen molar-refractivity contribution in [2.75, 3.05) is 59.4 Å². The molecule has 1 amide bonds. The number of piperazine rings is 1. The van der Waals surface area contributed by atoms with Crippen molar-refractivity contribution < 1.29 is 4.79 Å². The van der Waals surface area contributed by atoms with E-state index in [0.29, 0.717) is 18.0 Å². The van der Waals surface area contributed by atoms with Crippen LogP contribution in [0.4, 0.5) is 0 Å².